The molecular weight excluding hydrogens is 238 g/mol. The molecule has 1 aromatic carbocycles. The van der Waals surface area contributed by atoms with E-state index in [2.05, 4.69) is 17.0 Å². The summed E-state index contributed by atoms with van der Waals surface area (Å²) in [5.41, 5.74) is 8.23. The lowest BCUT2D eigenvalue weighted by atomic mass is 9.94. The van der Waals surface area contributed by atoms with Crippen LogP contribution in [0.5, 0.6) is 0 Å². The molecule has 0 spiro atoms. The first kappa shape index (κ1) is 13.9. The maximum atomic E-state index is 11.8. The highest BCUT2D eigenvalue weighted by Gasteiger charge is 2.23. The van der Waals surface area contributed by atoms with E-state index in [1.165, 1.54) is 5.56 Å². The normalized spacial score (nSPS) is 16.9. The Hall–Kier alpha value is -1.55. The number of para-hydroxylation sites is 1. The molecule has 2 rings (SSSR count). The Morgan fingerprint density at radius 1 is 1.26 bits per heavy atom. The molecule has 0 saturated carbocycles. The van der Waals surface area contributed by atoms with Gasteiger partial charge in [0.25, 0.3) is 0 Å². The van der Waals surface area contributed by atoms with Crippen LogP contribution >= 0.6 is 0 Å². The molecule has 2 N–H and O–H groups in total. The summed E-state index contributed by atoms with van der Waals surface area (Å²) in [6.07, 6.45) is 0.809. The van der Waals surface area contributed by atoms with E-state index in [9.17, 15) is 4.79 Å². The first-order valence-corrected chi connectivity index (χ1v) is 6.72. The molecule has 1 saturated heterocycles. The highest BCUT2D eigenvalue weighted by Crippen LogP contribution is 2.24. The SMILES string of the molecule is CN1CCN(c2ccccc2CC(C)(C)N)CC1=O. The van der Waals surface area contributed by atoms with Crippen LogP contribution in [0.2, 0.25) is 0 Å². The molecule has 1 aliphatic heterocycles. The monoisotopic (exact) mass is 261 g/mol. The van der Waals surface area contributed by atoms with E-state index in [0.717, 1.165) is 25.2 Å². The van der Waals surface area contributed by atoms with E-state index in [4.69, 9.17) is 5.73 Å². The second kappa shape index (κ2) is 5.21. The standard InChI is InChI=1S/C15H23N3O/c1-15(2,16)10-12-6-4-5-7-13(12)18-9-8-17(3)14(19)11-18/h4-7H,8-11,16H2,1-3H3. The molecule has 0 radical (unpaired) electrons. The number of hydrogen-bond donors (Lipinski definition) is 1. The molecule has 0 aliphatic carbocycles. The molecule has 1 aromatic rings. The van der Waals surface area contributed by atoms with E-state index < -0.39 is 0 Å². The Kier molecular flexibility index (Phi) is 3.80. The van der Waals surface area contributed by atoms with Crippen LogP contribution in [0, 0.1) is 0 Å². The van der Waals surface area contributed by atoms with Gasteiger partial charge in [-0.2, -0.15) is 0 Å². The van der Waals surface area contributed by atoms with Crippen LogP contribution < -0.4 is 10.6 Å². The molecule has 1 fully saturated rings. The zero-order valence-corrected chi connectivity index (χ0v) is 12.0. The van der Waals surface area contributed by atoms with E-state index >= 15 is 0 Å². The third-order valence-corrected chi connectivity index (χ3v) is 3.44. The van der Waals surface area contributed by atoms with Crippen LogP contribution in [-0.4, -0.2) is 43.0 Å². The lowest BCUT2D eigenvalue weighted by molar-refractivity contribution is -0.129. The molecular formula is C15H23N3O. The number of hydrogen-bond acceptors (Lipinski definition) is 3. The van der Waals surface area contributed by atoms with Gasteiger partial charge < -0.3 is 15.5 Å². The van der Waals surface area contributed by atoms with Gasteiger partial charge in [-0.25, -0.2) is 0 Å². The molecule has 19 heavy (non-hydrogen) atoms. The van der Waals surface area contributed by atoms with Gasteiger partial charge >= 0.3 is 0 Å². The first-order valence-electron chi connectivity index (χ1n) is 6.72. The number of anilines is 1. The summed E-state index contributed by atoms with van der Waals surface area (Å²) in [5.74, 6) is 0.174. The molecule has 0 aromatic heterocycles. The van der Waals surface area contributed by atoms with Gasteiger partial charge in [-0.1, -0.05) is 18.2 Å². The van der Waals surface area contributed by atoms with Gasteiger partial charge in [-0.05, 0) is 31.9 Å². The summed E-state index contributed by atoms with van der Waals surface area (Å²) in [5, 5.41) is 0. The van der Waals surface area contributed by atoms with Gasteiger partial charge in [0.1, 0.15) is 0 Å². The zero-order chi connectivity index (χ0) is 14.0. The molecule has 104 valence electrons. The number of rotatable bonds is 3. The number of likely N-dealkylation sites (N-methyl/N-ethyl adjacent to an activating group) is 1. The fourth-order valence-electron chi connectivity index (χ4n) is 2.42. The fraction of sp³-hybridized carbons (Fsp3) is 0.533. The molecule has 0 unspecified atom stereocenters. The minimum atomic E-state index is -0.243. The lowest BCUT2D eigenvalue weighted by Crippen LogP contribution is -2.49. The van der Waals surface area contributed by atoms with Crippen molar-refractivity contribution >= 4 is 11.6 Å². The number of piperazine rings is 1. The van der Waals surface area contributed by atoms with Crippen molar-refractivity contribution in [2.24, 2.45) is 5.73 Å². The third-order valence-electron chi connectivity index (χ3n) is 3.44. The number of nitrogens with zero attached hydrogens (tertiary/aromatic N) is 2. The molecule has 1 amide bonds. The number of benzene rings is 1. The van der Waals surface area contributed by atoms with Crippen molar-refractivity contribution in [2.75, 3.05) is 31.6 Å². The predicted molar refractivity (Wildman–Crippen MR) is 78.3 cm³/mol. The second-order valence-electron chi connectivity index (χ2n) is 6.03. The quantitative estimate of drug-likeness (QED) is 0.891. The van der Waals surface area contributed by atoms with Crippen LogP contribution in [0.3, 0.4) is 0 Å². The molecule has 0 bridgehead atoms. The van der Waals surface area contributed by atoms with Gasteiger partial charge in [0.2, 0.25) is 5.91 Å². The Morgan fingerprint density at radius 3 is 2.58 bits per heavy atom. The Morgan fingerprint density at radius 2 is 1.95 bits per heavy atom. The van der Waals surface area contributed by atoms with Crippen molar-refractivity contribution in [3.05, 3.63) is 29.8 Å². The molecule has 4 heteroatoms. The smallest absolute Gasteiger partial charge is 0.241 e. The van der Waals surface area contributed by atoms with E-state index in [0.29, 0.717) is 6.54 Å². The Labute approximate surface area is 115 Å². The zero-order valence-electron chi connectivity index (χ0n) is 12.0. The summed E-state index contributed by atoms with van der Waals surface area (Å²) in [6, 6.07) is 8.24. The highest BCUT2D eigenvalue weighted by molar-refractivity contribution is 5.83. The largest absolute Gasteiger partial charge is 0.360 e. The Bertz CT molecular complexity index is 465. The number of nitrogens with two attached hydrogens (primary N) is 1. The highest BCUT2D eigenvalue weighted by atomic mass is 16.2. The van der Waals surface area contributed by atoms with E-state index in [1.54, 1.807) is 4.90 Å². The van der Waals surface area contributed by atoms with Crippen LogP contribution in [-0.2, 0) is 11.2 Å². The number of amides is 1. The molecule has 1 heterocycles. The predicted octanol–water partition coefficient (Wildman–Crippen LogP) is 1.24. The van der Waals surface area contributed by atoms with Crippen LogP contribution in [0.1, 0.15) is 19.4 Å². The summed E-state index contributed by atoms with van der Waals surface area (Å²) in [7, 11) is 1.86. The third kappa shape index (κ3) is 3.47. The Balaban J connectivity index is 2.22. The van der Waals surface area contributed by atoms with Crippen molar-refractivity contribution in [3.63, 3.8) is 0 Å². The topological polar surface area (TPSA) is 49.6 Å². The lowest BCUT2D eigenvalue weighted by Gasteiger charge is -2.35. The molecule has 0 atom stereocenters. The second-order valence-corrected chi connectivity index (χ2v) is 6.03. The molecule has 4 nitrogen and oxygen atoms in total. The van der Waals surface area contributed by atoms with E-state index in [-0.39, 0.29) is 11.4 Å². The summed E-state index contributed by atoms with van der Waals surface area (Å²) in [6.45, 7) is 6.17. The first-order chi connectivity index (χ1) is 8.87. The van der Waals surface area contributed by atoms with Gasteiger partial charge in [0.05, 0.1) is 6.54 Å². The summed E-state index contributed by atoms with van der Waals surface area (Å²) < 4.78 is 0. The van der Waals surface area contributed by atoms with Crippen molar-refractivity contribution in [1.29, 1.82) is 0 Å². The molecule has 1 aliphatic rings. The van der Waals surface area contributed by atoms with Crippen LogP contribution in [0.15, 0.2) is 24.3 Å². The van der Waals surface area contributed by atoms with Gasteiger partial charge in [-0.3, -0.25) is 4.79 Å². The van der Waals surface area contributed by atoms with Crippen LogP contribution in [0.4, 0.5) is 5.69 Å². The van der Waals surface area contributed by atoms with Crippen molar-refractivity contribution in [3.8, 4) is 0 Å². The van der Waals surface area contributed by atoms with Gasteiger partial charge in [-0.15, -0.1) is 0 Å². The minimum Gasteiger partial charge on any atom is -0.360 e. The van der Waals surface area contributed by atoms with Gasteiger partial charge in [0, 0.05) is 31.4 Å². The summed E-state index contributed by atoms with van der Waals surface area (Å²) in [4.78, 5) is 15.8. The van der Waals surface area contributed by atoms with Crippen molar-refractivity contribution in [2.45, 2.75) is 25.8 Å². The van der Waals surface area contributed by atoms with Crippen molar-refractivity contribution < 1.29 is 4.79 Å². The maximum Gasteiger partial charge on any atom is 0.241 e. The van der Waals surface area contributed by atoms with Crippen molar-refractivity contribution in [1.82, 2.24) is 4.90 Å². The summed E-state index contributed by atoms with van der Waals surface area (Å²) >= 11 is 0. The van der Waals surface area contributed by atoms with Gasteiger partial charge in [0.15, 0.2) is 0 Å². The minimum absolute atomic E-state index is 0.174. The van der Waals surface area contributed by atoms with Crippen LogP contribution in [0.25, 0.3) is 0 Å². The average molecular weight is 261 g/mol. The number of carbonyl (C=O) groups excluding carboxylic acids is 1. The maximum absolute atomic E-state index is 11.8. The average Bonchev–Trinajstić information content (AvgIpc) is 2.31. The van der Waals surface area contributed by atoms with E-state index in [1.807, 2.05) is 33.0 Å². The fourth-order valence-corrected chi connectivity index (χ4v) is 2.42. The number of carbonyl (C=O) groups is 1.